The second-order valence-electron chi connectivity index (χ2n) is 9.55. The summed E-state index contributed by atoms with van der Waals surface area (Å²) < 4.78 is 6.52. The number of halogens is 1. The fourth-order valence-electron chi connectivity index (χ4n) is 4.36. The van der Waals surface area contributed by atoms with Crippen LogP contribution in [0.25, 0.3) is 21.2 Å². The molecule has 0 aliphatic rings. The van der Waals surface area contributed by atoms with Crippen LogP contribution in [-0.2, 0) is 17.6 Å². The van der Waals surface area contributed by atoms with E-state index in [0.29, 0.717) is 39.4 Å². The average molecular weight is 554 g/mol. The van der Waals surface area contributed by atoms with Crippen molar-refractivity contribution in [2.24, 2.45) is 5.92 Å². The number of fused-ring (bicyclic) bond motifs is 1. The molecule has 4 aromatic rings. The van der Waals surface area contributed by atoms with Crippen molar-refractivity contribution in [3.63, 3.8) is 0 Å². The summed E-state index contributed by atoms with van der Waals surface area (Å²) >= 11 is 9.38. The minimum Gasteiger partial charge on any atom is -0.462 e. The number of hydrogen-bond acceptors (Lipinski definition) is 5. The molecular weight excluding hydrogens is 522 g/mol. The van der Waals surface area contributed by atoms with E-state index in [0.717, 1.165) is 38.9 Å². The van der Waals surface area contributed by atoms with Crippen LogP contribution in [0.4, 0.5) is 5.00 Å². The van der Waals surface area contributed by atoms with E-state index in [1.165, 1.54) is 33.8 Å². The highest BCUT2D eigenvalue weighted by molar-refractivity contribution is 7.22. The van der Waals surface area contributed by atoms with E-state index in [1.807, 2.05) is 38.1 Å². The first-order valence-electron chi connectivity index (χ1n) is 12.7. The molecule has 0 aliphatic carbocycles. The fraction of sp³-hybridized carbons (Fsp3) is 0.333. The molecule has 4 rings (SSSR count). The molecule has 194 valence electrons. The van der Waals surface area contributed by atoms with Gasteiger partial charge in [-0.05, 0) is 54.9 Å². The second-order valence-corrected chi connectivity index (χ2v) is 12.2. The van der Waals surface area contributed by atoms with E-state index >= 15 is 0 Å². The number of esters is 1. The molecule has 0 spiro atoms. The van der Waals surface area contributed by atoms with Gasteiger partial charge in [-0.15, -0.1) is 22.7 Å². The summed E-state index contributed by atoms with van der Waals surface area (Å²) in [6.45, 7) is 10.7. The Kier molecular flexibility index (Phi) is 8.73. The molecule has 1 amide bonds. The number of thiophene rings is 2. The van der Waals surface area contributed by atoms with Crippen LogP contribution in [0.1, 0.15) is 70.1 Å². The van der Waals surface area contributed by atoms with Gasteiger partial charge in [-0.2, -0.15) is 0 Å². The quantitative estimate of drug-likeness (QED) is 0.210. The minimum absolute atomic E-state index is 0.315. The third-order valence-corrected chi connectivity index (χ3v) is 8.82. The second kappa shape index (κ2) is 11.8. The lowest BCUT2D eigenvalue weighted by atomic mass is 9.97. The molecule has 2 aromatic carbocycles. The van der Waals surface area contributed by atoms with Crippen LogP contribution < -0.4 is 5.32 Å². The van der Waals surface area contributed by atoms with Gasteiger partial charge in [0.25, 0.3) is 5.91 Å². The SMILES string of the molecule is CCCOC(=O)c1c(NC(=O)c2sc3cc(CC)ccc3c2Cl)sc(C)c1-c1ccc(CC(C)C)cc1. The smallest absolute Gasteiger partial charge is 0.341 e. The molecule has 7 heteroatoms. The Bertz CT molecular complexity index is 1430. The van der Waals surface area contributed by atoms with Crippen molar-refractivity contribution >= 4 is 61.2 Å². The number of carbonyl (C=O) groups excluding carboxylic acids is 2. The zero-order valence-electron chi connectivity index (χ0n) is 21.9. The third kappa shape index (κ3) is 5.92. The van der Waals surface area contributed by atoms with Gasteiger partial charge in [0.2, 0.25) is 0 Å². The molecule has 0 radical (unpaired) electrons. The topological polar surface area (TPSA) is 55.4 Å². The highest BCUT2D eigenvalue weighted by atomic mass is 35.5. The van der Waals surface area contributed by atoms with E-state index in [1.54, 1.807) is 0 Å². The number of ether oxygens (including phenoxy) is 1. The Balaban J connectivity index is 1.72. The number of aryl methyl sites for hydroxylation is 2. The Morgan fingerprint density at radius 3 is 2.38 bits per heavy atom. The van der Waals surface area contributed by atoms with Crippen LogP contribution >= 0.6 is 34.3 Å². The van der Waals surface area contributed by atoms with Crippen molar-refractivity contribution in [3.05, 3.63) is 73.9 Å². The summed E-state index contributed by atoms with van der Waals surface area (Å²) in [6.07, 6.45) is 2.62. The van der Waals surface area contributed by atoms with Gasteiger partial charge in [0.05, 0.1) is 11.6 Å². The number of benzene rings is 2. The molecule has 0 saturated heterocycles. The molecule has 0 aliphatic heterocycles. The van der Waals surface area contributed by atoms with Gasteiger partial charge in [-0.1, -0.05) is 75.7 Å². The normalized spacial score (nSPS) is 11.3. The summed E-state index contributed by atoms with van der Waals surface area (Å²) in [5.41, 5.74) is 4.56. The van der Waals surface area contributed by atoms with Gasteiger partial charge in [0.1, 0.15) is 15.4 Å². The van der Waals surface area contributed by atoms with Gasteiger partial charge in [0, 0.05) is 20.5 Å². The maximum absolute atomic E-state index is 13.4. The number of amides is 1. The zero-order valence-corrected chi connectivity index (χ0v) is 24.3. The summed E-state index contributed by atoms with van der Waals surface area (Å²) in [5, 5.41) is 4.76. The van der Waals surface area contributed by atoms with Crippen molar-refractivity contribution in [2.45, 2.75) is 53.9 Å². The van der Waals surface area contributed by atoms with Crippen molar-refractivity contribution < 1.29 is 14.3 Å². The molecule has 0 unspecified atom stereocenters. The first-order chi connectivity index (χ1) is 17.7. The van der Waals surface area contributed by atoms with E-state index in [-0.39, 0.29) is 5.91 Å². The number of anilines is 1. The molecule has 0 fully saturated rings. The zero-order chi connectivity index (χ0) is 26.7. The molecule has 0 bridgehead atoms. The van der Waals surface area contributed by atoms with E-state index in [2.05, 4.69) is 44.3 Å². The molecule has 4 nitrogen and oxygen atoms in total. The standard InChI is InChI=1S/C30H32ClNO3S2/c1-6-14-35-30(34)25-24(21-11-8-20(9-12-21)15-17(3)4)18(5)36-29(25)32-28(33)27-26(31)22-13-10-19(7-2)16-23(22)37-27/h8-13,16-17H,6-7,14-15H2,1-5H3,(H,32,33). The Labute approximate surface area is 231 Å². The fourth-order valence-corrected chi connectivity index (χ4v) is 6.89. The monoisotopic (exact) mass is 553 g/mol. The molecule has 2 aromatic heterocycles. The van der Waals surface area contributed by atoms with Gasteiger partial charge in [-0.3, -0.25) is 4.79 Å². The Hall–Kier alpha value is -2.67. The third-order valence-electron chi connectivity index (χ3n) is 6.15. The molecule has 1 N–H and O–H groups in total. The number of hydrogen-bond donors (Lipinski definition) is 1. The highest BCUT2D eigenvalue weighted by Gasteiger charge is 2.27. The van der Waals surface area contributed by atoms with Gasteiger partial charge in [-0.25, -0.2) is 4.79 Å². The van der Waals surface area contributed by atoms with Crippen LogP contribution in [0.15, 0.2) is 42.5 Å². The molecule has 37 heavy (non-hydrogen) atoms. The predicted molar refractivity (Wildman–Crippen MR) is 158 cm³/mol. The predicted octanol–water partition coefficient (Wildman–Crippen LogP) is 9.17. The maximum atomic E-state index is 13.4. The van der Waals surface area contributed by atoms with Crippen LogP contribution in [-0.4, -0.2) is 18.5 Å². The Morgan fingerprint density at radius 2 is 1.73 bits per heavy atom. The molecule has 2 heterocycles. The van der Waals surface area contributed by atoms with Gasteiger partial charge < -0.3 is 10.1 Å². The maximum Gasteiger partial charge on any atom is 0.341 e. The van der Waals surface area contributed by atoms with Crippen LogP contribution in [0, 0.1) is 12.8 Å². The number of rotatable bonds is 9. The lowest BCUT2D eigenvalue weighted by Crippen LogP contribution is -2.14. The van der Waals surface area contributed by atoms with Crippen LogP contribution in [0.2, 0.25) is 5.02 Å². The van der Waals surface area contributed by atoms with E-state index < -0.39 is 5.97 Å². The highest BCUT2D eigenvalue weighted by Crippen LogP contribution is 2.42. The largest absolute Gasteiger partial charge is 0.462 e. The first-order valence-corrected chi connectivity index (χ1v) is 14.7. The van der Waals surface area contributed by atoms with Crippen molar-refractivity contribution in [2.75, 3.05) is 11.9 Å². The number of carbonyl (C=O) groups is 2. The van der Waals surface area contributed by atoms with Gasteiger partial charge in [0.15, 0.2) is 0 Å². The van der Waals surface area contributed by atoms with Crippen LogP contribution in [0.3, 0.4) is 0 Å². The average Bonchev–Trinajstić information content (AvgIpc) is 3.38. The van der Waals surface area contributed by atoms with Crippen molar-refractivity contribution in [1.82, 2.24) is 0 Å². The summed E-state index contributed by atoms with van der Waals surface area (Å²) in [5.74, 6) is -0.198. The van der Waals surface area contributed by atoms with Crippen molar-refractivity contribution in [1.29, 1.82) is 0 Å². The number of nitrogens with one attached hydrogen (secondary N) is 1. The lowest BCUT2D eigenvalue weighted by molar-refractivity contribution is 0.0507. The summed E-state index contributed by atoms with van der Waals surface area (Å²) in [7, 11) is 0. The summed E-state index contributed by atoms with van der Waals surface area (Å²) in [4.78, 5) is 28.0. The summed E-state index contributed by atoms with van der Waals surface area (Å²) in [6, 6.07) is 14.4. The molecule has 0 saturated carbocycles. The van der Waals surface area contributed by atoms with Gasteiger partial charge >= 0.3 is 5.97 Å². The Morgan fingerprint density at radius 1 is 1.03 bits per heavy atom. The van der Waals surface area contributed by atoms with Crippen LogP contribution in [0.5, 0.6) is 0 Å². The van der Waals surface area contributed by atoms with E-state index in [4.69, 9.17) is 16.3 Å². The molecular formula is C30H32ClNO3S2. The van der Waals surface area contributed by atoms with E-state index in [9.17, 15) is 9.59 Å². The lowest BCUT2D eigenvalue weighted by Gasteiger charge is -2.11. The van der Waals surface area contributed by atoms with Crippen molar-refractivity contribution in [3.8, 4) is 11.1 Å². The molecule has 0 atom stereocenters. The minimum atomic E-state index is -0.433. The first kappa shape index (κ1) is 27.4.